The van der Waals surface area contributed by atoms with Gasteiger partial charge in [-0.3, -0.25) is 14.5 Å². The van der Waals surface area contributed by atoms with Crippen molar-refractivity contribution in [1.29, 1.82) is 0 Å². The highest BCUT2D eigenvalue weighted by Crippen LogP contribution is 2.17. The summed E-state index contributed by atoms with van der Waals surface area (Å²) in [5, 5.41) is 0. The van der Waals surface area contributed by atoms with Crippen molar-refractivity contribution in [1.82, 2.24) is 9.80 Å². The SMILES string of the molecule is Cc1cc(C)cc(OCCN(C)C(=O)CN2CCC(C(N)=O)CC2)c1. The number of carbonyl (C=O) groups excluding carboxylic acids is 2. The first kappa shape index (κ1) is 19.2. The van der Waals surface area contributed by atoms with E-state index in [1.54, 1.807) is 11.9 Å². The summed E-state index contributed by atoms with van der Waals surface area (Å²) in [4.78, 5) is 27.3. The van der Waals surface area contributed by atoms with Crippen LogP contribution in [0.25, 0.3) is 0 Å². The molecule has 2 amide bonds. The predicted molar refractivity (Wildman–Crippen MR) is 97.4 cm³/mol. The van der Waals surface area contributed by atoms with Gasteiger partial charge in [0.05, 0.1) is 13.1 Å². The maximum atomic E-state index is 12.3. The Morgan fingerprint density at radius 2 is 1.80 bits per heavy atom. The van der Waals surface area contributed by atoms with Crippen molar-refractivity contribution in [2.24, 2.45) is 11.7 Å². The van der Waals surface area contributed by atoms with Crippen LogP contribution in [-0.4, -0.2) is 61.4 Å². The highest BCUT2D eigenvalue weighted by molar-refractivity contribution is 5.78. The van der Waals surface area contributed by atoms with Crippen LogP contribution < -0.4 is 10.5 Å². The summed E-state index contributed by atoms with van der Waals surface area (Å²) in [5.41, 5.74) is 7.67. The first-order valence-electron chi connectivity index (χ1n) is 8.82. The molecular formula is C19H29N3O3. The molecule has 0 bridgehead atoms. The van der Waals surface area contributed by atoms with Crippen LogP contribution in [0.5, 0.6) is 5.75 Å². The molecule has 6 nitrogen and oxygen atoms in total. The number of likely N-dealkylation sites (tertiary alicyclic amines) is 1. The zero-order chi connectivity index (χ0) is 18.4. The fraction of sp³-hybridized carbons (Fsp3) is 0.579. The third-order valence-corrected chi connectivity index (χ3v) is 4.67. The summed E-state index contributed by atoms with van der Waals surface area (Å²) in [5.74, 6) is 0.635. The summed E-state index contributed by atoms with van der Waals surface area (Å²) in [7, 11) is 1.79. The van der Waals surface area contributed by atoms with Gasteiger partial charge in [-0.25, -0.2) is 0 Å². The fourth-order valence-electron chi connectivity index (χ4n) is 3.13. The Kier molecular flexibility index (Phi) is 6.82. The second-order valence-electron chi connectivity index (χ2n) is 6.94. The number of nitrogens with zero attached hydrogens (tertiary/aromatic N) is 2. The van der Waals surface area contributed by atoms with Gasteiger partial charge in [0.1, 0.15) is 12.4 Å². The lowest BCUT2D eigenvalue weighted by molar-refractivity contribution is -0.132. The Bertz CT molecular complexity index is 590. The van der Waals surface area contributed by atoms with Crippen LogP contribution in [-0.2, 0) is 9.59 Å². The Morgan fingerprint density at radius 1 is 1.20 bits per heavy atom. The van der Waals surface area contributed by atoms with Crippen LogP contribution in [0.2, 0.25) is 0 Å². The molecule has 6 heteroatoms. The first-order chi connectivity index (χ1) is 11.8. The quantitative estimate of drug-likeness (QED) is 0.807. The number of aryl methyl sites for hydroxylation is 2. The number of piperidine rings is 1. The molecular weight excluding hydrogens is 318 g/mol. The number of amides is 2. The summed E-state index contributed by atoms with van der Waals surface area (Å²) in [6.07, 6.45) is 1.48. The van der Waals surface area contributed by atoms with E-state index < -0.39 is 0 Å². The van der Waals surface area contributed by atoms with Crippen LogP contribution >= 0.6 is 0 Å². The molecule has 138 valence electrons. The highest BCUT2D eigenvalue weighted by atomic mass is 16.5. The normalized spacial score (nSPS) is 15.8. The Morgan fingerprint density at radius 3 is 2.36 bits per heavy atom. The van der Waals surface area contributed by atoms with E-state index in [1.807, 2.05) is 26.0 Å². The molecule has 1 fully saturated rings. The molecule has 0 saturated carbocycles. The number of hydrogen-bond acceptors (Lipinski definition) is 4. The van der Waals surface area contributed by atoms with Crippen molar-refractivity contribution in [2.75, 3.05) is 39.8 Å². The monoisotopic (exact) mass is 347 g/mol. The number of carbonyl (C=O) groups is 2. The second kappa shape index (κ2) is 8.85. The van der Waals surface area contributed by atoms with Crippen molar-refractivity contribution in [3.05, 3.63) is 29.3 Å². The van der Waals surface area contributed by atoms with E-state index in [0.717, 1.165) is 31.7 Å². The molecule has 0 atom stereocenters. The van der Waals surface area contributed by atoms with Crippen LogP contribution in [0.1, 0.15) is 24.0 Å². The number of likely N-dealkylation sites (N-methyl/N-ethyl adjacent to an activating group) is 1. The summed E-state index contributed by atoms with van der Waals surface area (Å²) in [6, 6.07) is 6.10. The van der Waals surface area contributed by atoms with E-state index in [4.69, 9.17) is 10.5 Å². The molecule has 0 radical (unpaired) electrons. The van der Waals surface area contributed by atoms with Gasteiger partial charge < -0.3 is 15.4 Å². The molecule has 1 aromatic rings. The van der Waals surface area contributed by atoms with Gasteiger partial charge in [-0.15, -0.1) is 0 Å². The molecule has 1 heterocycles. The molecule has 1 aromatic carbocycles. The lowest BCUT2D eigenvalue weighted by Gasteiger charge is -2.31. The molecule has 0 spiro atoms. The minimum absolute atomic E-state index is 0.0460. The average Bonchev–Trinajstić information content (AvgIpc) is 2.54. The van der Waals surface area contributed by atoms with E-state index >= 15 is 0 Å². The first-order valence-corrected chi connectivity index (χ1v) is 8.82. The van der Waals surface area contributed by atoms with Gasteiger partial charge >= 0.3 is 0 Å². The van der Waals surface area contributed by atoms with Crippen molar-refractivity contribution in [3.8, 4) is 5.75 Å². The van der Waals surface area contributed by atoms with Gasteiger partial charge in [0.2, 0.25) is 11.8 Å². The molecule has 2 N–H and O–H groups in total. The Balaban J connectivity index is 1.71. The summed E-state index contributed by atoms with van der Waals surface area (Å²) in [6.45, 7) is 6.95. The highest BCUT2D eigenvalue weighted by Gasteiger charge is 2.24. The van der Waals surface area contributed by atoms with Gasteiger partial charge in [0, 0.05) is 13.0 Å². The van der Waals surface area contributed by atoms with Gasteiger partial charge in [0.15, 0.2) is 0 Å². The smallest absolute Gasteiger partial charge is 0.236 e. The zero-order valence-corrected chi connectivity index (χ0v) is 15.5. The van der Waals surface area contributed by atoms with Crippen molar-refractivity contribution in [3.63, 3.8) is 0 Å². The Hall–Kier alpha value is -2.08. The lowest BCUT2D eigenvalue weighted by atomic mass is 9.96. The van der Waals surface area contributed by atoms with Crippen LogP contribution in [0, 0.1) is 19.8 Å². The van der Waals surface area contributed by atoms with E-state index in [9.17, 15) is 9.59 Å². The van der Waals surface area contributed by atoms with Crippen LogP contribution in [0.4, 0.5) is 0 Å². The van der Waals surface area contributed by atoms with Gasteiger partial charge in [0.25, 0.3) is 0 Å². The maximum Gasteiger partial charge on any atom is 0.236 e. The molecule has 1 aliphatic rings. The number of rotatable bonds is 7. The summed E-state index contributed by atoms with van der Waals surface area (Å²) >= 11 is 0. The minimum atomic E-state index is -0.230. The molecule has 25 heavy (non-hydrogen) atoms. The molecule has 0 aromatic heterocycles. The van der Waals surface area contributed by atoms with Crippen molar-refractivity contribution >= 4 is 11.8 Å². The third kappa shape index (κ3) is 6.05. The zero-order valence-electron chi connectivity index (χ0n) is 15.5. The van der Waals surface area contributed by atoms with Crippen LogP contribution in [0.3, 0.4) is 0 Å². The summed E-state index contributed by atoms with van der Waals surface area (Å²) < 4.78 is 5.76. The number of nitrogens with two attached hydrogens (primary N) is 1. The van der Waals surface area contributed by atoms with Gasteiger partial charge in [-0.1, -0.05) is 6.07 Å². The second-order valence-corrected chi connectivity index (χ2v) is 6.94. The number of benzene rings is 1. The predicted octanol–water partition coefficient (Wildman–Crippen LogP) is 1.34. The van der Waals surface area contributed by atoms with Crippen molar-refractivity contribution in [2.45, 2.75) is 26.7 Å². The molecule has 2 rings (SSSR count). The fourth-order valence-corrected chi connectivity index (χ4v) is 3.13. The molecule has 0 aliphatic carbocycles. The van der Waals surface area contributed by atoms with Gasteiger partial charge in [-0.05, 0) is 63.0 Å². The third-order valence-electron chi connectivity index (χ3n) is 4.67. The van der Waals surface area contributed by atoms with Gasteiger partial charge in [-0.2, -0.15) is 0 Å². The average molecular weight is 347 g/mol. The molecule has 1 aliphatic heterocycles. The molecule has 1 saturated heterocycles. The number of ether oxygens (including phenoxy) is 1. The van der Waals surface area contributed by atoms with Crippen LogP contribution in [0.15, 0.2) is 18.2 Å². The van der Waals surface area contributed by atoms with E-state index in [-0.39, 0.29) is 17.7 Å². The largest absolute Gasteiger partial charge is 0.492 e. The standard InChI is InChI=1S/C19H29N3O3/c1-14-10-15(2)12-17(11-14)25-9-8-21(3)18(23)13-22-6-4-16(5-7-22)19(20)24/h10-12,16H,4-9,13H2,1-3H3,(H2,20,24). The minimum Gasteiger partial charge on any atom is -0.492 e. The lowest BCUT2D eigenvalue weighted by Crippen LogP contribution is -2.44. The number of hydrogen-bond donors (Lipinski definition) is 1. The topological polar surface area (TPSA) is 75.9 Å². The molecule has 0 unspecified atom stereocenters. The number of primary amides is 1. The Labute approximate surface area is 149 Å². The maximum absolute atomic E-state index is 12.3. The van der Waals surface area contributed by atoms with E-state index in [0.29, 0.717) is 19.7 Å². The van der Waals surface area contributed by atoms with E-state index in [1.165, 1.54) is 11.1 Å². The van der Waals surface area contributed by atoms with Crippen molar-refractivity contribution < 1.29 is 14.3 Å². The van der Waals surface area contributed by atoms with E-state index in [2.05, 4.69) is 11.0 Å².